The van der Waals surface area contributed by atoms with Gasteiger partial charge in [-0.3, -0.25) is 0 Å². The lowest BCUT2D eigenvalue weighted by atomic mass is 10.1. The third kappa shape index (κ3) is 2.40. The van der Waals surface area contributed by atoms with Gasteiger partial charge in [0.05, 0.1) is 5.92 Å². The summed E-state index contributed by atoms with van der Waals surface area (Å²) in [7, 11) is 0. The third-order valence-corrected chi connectivity index (χ3v) is 3.57. The minimum absolute atomic E-state index is 0.359. The number of halogens is 1. The summed E-state index contributed by atoms with van der Waals surface area (Å²) >= 11 is 6.11. The second-order valence-electron chi connectivity index (χ2n) is 4.51. The van der Waals surface area contributed by atoms with E-state index in [9.17, 15) is 0 Å². The van der Waals surface area contributed by atoms with Crippen LogP contribution in [0, 0.1) is 0 Å². The van der Waals surface area contributed by atoms with E-state index in [2.05, 4.69) is 15.5 Å². The Labute approximate surface area is 110 Å². The SMILES string of the molecule is Clc1ccccc1Cc1noc(C2CCNC2)n1. The summed E-state index contributed by atoms with van der Waals surface area (Å²) in [6.07, 6.45) is 1.68. The Morgan fingerprint density at radius 1 is 1.39 bits per heavy atom. The highest BCUT2D eigenvalue weighted by molar-refractivity contribution is 6.31. The van der Waals surface area contributed by atoms with E-state index in [1.54, 1.807) is 0 Å². The first-order valence-corrected chi connectivity index (χ1v) is 6.47. The van der Waals surface area contributed by atoms with Crippen molar-refractivity contribution < 1.29 is 4.52 Å². The van der Waals surface area contributed by atoms with Gasteiger partial charge in [0.2, 0.25) is 5.89 Å². The third-order valence-electron chi connectivity index (χ3n) is 3.20. The Hall–Kier alpha value is -1.39. The van der Waals surface area contributed by atoms with Gasteiger partial charge in [0.25, 0.3) is 0 Å². The second-order valence-corrected chi connectivity index (χ2v) is 4.91. The summed E-state index contributed by atoms with van der Waals surface area (Å²) in [5, 5.41) is 8.06. The van der Waals surface area contributed by atoms with Gasteiger partial charge in [0, 0.05) is 18.0 Å². The zero-order valence-electron chi connectivity index (χ0n) is 9.90. The van der Waals surface area contributed by atoms with Crippen molar-refractivity contribution in [1.82, 2.24) is 15.5 Å². The molecule has 0 radical (unpaired) electrons. The lowest BCUT2D eigenvalue weighted by Gasteiger charge is -2.00. The molecule has 1 atom stereocenters. The van der Waals surface area contributed by atoms with E-state index in [-0.39, 0.29) is 0 Å². The zero-order chi connectivity index (χ0) is 12.4. The number of rotatable bonds is 3. The lowest BCUT2D eigenvalue weighted by Crippen LogP contribution is -2.08. The first-order chi connectivity index (χ1) is 8.83. The summed E-state index contributed by atoms with van der Waals surface area (Å²) in [6, 6.07) is 7.73. The van der Waals surface area contributed by atoms with E-state index < -0.39 is 0 Å². The van der Waals surface area contributed by atoms with Crippen LogP contribution in [0.4, 0.5) is 0 Å². The number of nitrogens with one attached hydrogen (secondary N) is 1. The molecule has 1 unspecified atom stereocenters. The van der Waals surface area contributed by atoms with Gasteiger partial charge >= 0.3 is 0 Å². The number of nitrogens with zero attached hydrogens (tertiary/aromatic N) is 2. The molecule has 0 aliphatic carbocycles. The predicted molar refractivity (Wildman–Crippen MR) is 68.8 cm³/mol. The van der Waals surface area contributed by atoms with Crippen LogP contribution in [0.25, 0.3) is 0 Å². The van der Waals surface area contributed by atoms with Crippen LogP contribution in [0.1, 0.15) is 29.6 Å². The van der Waals surface area contributed by atoms with E-state index in [0.717, 1.165) is 36.0 Å². The Morgan fingerprint density at radius 3 is 3.06 bits per heavy atom. The molecule has 1 aliphatic rings. The summed E-state index contributed by atoms with van der Waals surface area (Å²) in [6.45, 7) is 1.95. The number of benzene rings is 1. The normalized spacial score (nSPS) is 19.3. The van der Waals surface area contributed by atoms with Crippen molar-refractivity contribution >= 4 is 11.6 Å². The fourth-order valence-corrected chi connectivity index (χ4v) is 2.39. The fourth-order valence-electron chi connectivity index (χ4n) is 2.18. The molecule has 18 heavy (non-hydrogen) atoms. The summed E-state index contributed by atoms with van der Waals surface area (Å²) in [4.78, 5) is 4.45. The Kier molecular flexibility index (Phi) is 3.30. The van der Waals surface area contributed by atoms with Crippen LogP contribution >= 0.6 is 11.6 Å². The smallest absolute Gasteiger partial charge is 0.231 e. The molecule has 0 bridgehead atoms. The molecular weight excluding hydrogens is 250 g/mol. The second kappa shape index (κ2) is 5.08. The van der Waals surface area contributed by atoms with Crippen molar-refractivity contribution in [1.29, 1.82) is 0 Å². The Morgan fingerprint density at radius 2 is 2.28 bits per heavy atom. The van der Waals surface area contributed by atoms with Gasteiger partial charge in [-0.2, -0.15) is 4.98 Å². The van der Waals surface area contributed by atoms with Gasteiger partial charge in [-0.05, 0) is 24.6 Å². The maximum Gasteiger partial charge on any atom is 0.231 e. The Balaban J connectivity index is 1.75. The van der Waals surface area contributed by atoms with Crippen LogP contribution in [0.3, 0.4) is 0 Å². The van der Waals surface area contributed by atoms with Crippen molar-refractivity contribution in [2.75, 3.05) is 13.1 Å². The van der Waals surface area contributed by atoms with Crippen LogP contribution < -0.4 is 5.32 Å². The van der Waals surface area contributed by atoms with E-state index in [1.807, 2.05) is 24.3 Å². The first kappa shape index (κ1) is 11.7. The van der Waals surface area contributed by atoms with Crippen LogP contribution in [-0.2, 0) is 6.42 Å². The average molecular weight is 264 g/mol. The van der Waals surface area contributed by atoms with Gasteiger partial charge in [-0.1, -0.05) is 35.0 Å². The topological polar surface area (TPSA) is 51.0 Å². The number of aromatic nitrogens is 2. The van der Waals surface area contributed by atoms with Crippen LogP contribution in [0.5, 0.6) is 0 Å². The minimum Gasteiger partial charge on any atom is -0.339 e. The molecule has 4 nitrogen and oxygen atoms in total. The molecule has 1 N–H and O–H groups in total. The van der Waals surface area contributed by atoms with E-state index in [1.165, 1.54) is 0 Å². The zero-order valence-corrected chi connectivity index (χ0v) is 10.7. The first-order valence-electron chi connectivity index (χ1n) is 6.09. The van der Waals surface area contributed by atoms with Gasteiger partial charge < -0.3 is 9.84 Å². The number of hydrogen-bond donors (Lipinski definition) is 1. The molecule has 5 heteroatoms. The van der Waals surface area contributed by atoms with Crippen molar-refractivity contribution in [2.45, 2.75) is 18.8 Å². The van der Waals surface area contributed by atoms with E-state index >= 15 is 0 Å². The quantitative estimate of drug-likeness (QED) is 0.924. The molecule has 3 rings (SSSR count). The van der Waals surface area contributed by atoms with Gasteiger partial charge in [0.1, 0.15) is 0 Å². The van der Waals surface area contributed by atoms with Crippen LogP contribution in [0.15, 0.2) is 28.8 Å². The fraction of sp³-hybridized carbons (Fsp3) is 0.385. The molecule has 0 saturated carbocycles. The molecule has 1 aromatic carbocycles. The van der Waals surface area contributed by atoms with Gasteiger partial charge in [-0.25, -0.2) is 0 Å². The Bertz CT molecular complexity index is 535. The van der Waals surface area contributed by atoms with Crippen molar-refractivity contribution in [3.05, 3.63) is 46.6 Å². The standard InChI is InChI=1S/C13H14ClN3O/c14-11-4-2-1-3-9(11)7-12-16-13(18-17-12)10-5-6-15-8-10/h1-4,10,15H,5-8H2. The van der Waals surface area contributed by atoms with Crippen molar-refractivity contribution in [2.24, 2.45) is 0 Å². The van der Waals surface area contributed by atoms with Crippen LogP contribution in [0.2, 0.25) is 5.02 Å². The van der Waals surface area contributed by atoms with Crippen molar-refractivity contribution in [3.63, 3.8) is 0 Å². The highest BCUT2D eigenvalue weighted by Gasteiger charge is 2.22. The molecule has 2 aromatic rings. The van der Waals surface area contributed by atoms with Crippen LogP contribution in [-0.4, -0.2) is 23.2 Å². The highest BCUT2D eigenvalue weighted by Crippen LogP contribution is 2.22. The molecule has 1 saturated heterocycles. The predicted octanol–water partition coefficient (Wildman–Crippen LogP) is 2.39. The van der Waals surface area contributed by atoms with Gasteiger partial charge in [0.15, 0.2) is 5.82 Å². The summed E-state index contributed by atoms with van der Waals surface area (Å²) in [5.41, 5.74) is 1.02. The summed E-state index contributed by atoms with van der Waals surface area (Å²) < 4.78 is 5.32. The largest absolute Gasteiger partial charge is 0.339 e. The average Bonchev–Trinajstić information content (AvgIpc) is 3.02. The highest BCUT2D eigenvalue weighted by atomic mass is 35.5. The molecule has 1 fully saturated rings. The molecule has 94 valence electrons. The maximum absolute atomic E-state index is 6.11. The van der Waals surface area contributed by atoms with Gasteiger partial charge in [-0.15, -0.1) is 0 Å². The maximum atomic E-state index is 6.11. The van der Waals surface area contributed by atoms with E-state index in [4.69, 9.17) is 16.1 Å². The molecule has 1 aliphatic heterocycles. The lowest BCUT2D eigenvalue weighted by molar-refractivity contribution is 0.355. The molecule has 0 amide bonds. The molecule has 1 aromatic heterocycles. The monoisotopic (exact) mass is 263 g/mol. The minimum atomic E-state index is 0.359. The molecular formula is C13H14ClN3O. The number of hydrogen-bond acceptors (Lipinski definition) is 4. The van der Waals surface area contributed by atoms with E-state index in [0.29, 0.717) is 18.2 Å². The molecule has 2 heterocycles. The summed E-state index contributed by atoms with van der Waals surface area (Å²) in [5.74, 6) is 1.80. The molecule has 0 spiro atoms. The van der Waals surface area contributed by atoms with Crippen molar-refractivity contribution in [3.8, 4) is 0 Å².